The third-order valence-corrected chi connectivity index (χ3v) is 3.38. The normalized spacial score (nSPS) is 18.4. The van der Waals surface area contributed by atoms with Gasteiger partial charge in [-0.2, -0.15) is 5.10 Å². The Morgan fingerprint density at radius 1 is 1.35 bits per heavy atom. The van der Waals surface area contributed by atoms with E-state index in [1.807, 2.05) is 10.7 Å². The average molecular weight is 273 g/mol. The van der Waals surface area contributed by atoms with Crippen LogP contribution in [0, 0.1) is 0 Å². The average Bonchev–Trinajstić information content (AvgIpc) is 2.85. The van der Waals surface area contributed by atoms with Crippen LogP contribution in [-0.2, 0) is 17.8 Å². The first-order chi connectivity index (χ1) is 9.78. The van der Waals surface area contributed by atoms with Crippen LogP contribution in [0.15, 0.2) is 30.9 Å². The van der Waals surface area contributed by atoms with Crippen molar-refractivity contribution in [3.63, 3.8) is 0 Å². The molecular formula is C13H15N5O2. The lowest BCUT2D eigenvalue weighted by Gasteiger charge is -2.22. The molecule has 0 bridgehead atoms. The summed E-state index contributed by atoms with van der Waals surface area (Å²) < 4.78 is 7.30. The van der Waals surface area contributed by atoms with E-state index in [4.69, 9.17) is 4.74 Å². The summed E-state index contributed by atoms with van der Waals surface area (Å²) in [5.41, 5.74) is 1.38. The van der Waals surface area contributed by atoms with Crippen molar-refractivity contribution in [3.05, 3.63) is 42.2 Å². The molecule has 1 unspecified atom stereocenters. The highest BCUT2D eigenvalue weighted by molar-refractivity contribution is 5.92. The van der Waals surface area contributed by atoms with Gasteiger partial charge in [-0.05, 0) is 12.1 Å². The highest BCUT2D eigenvalue weighted by Crippen LogP contribution is 2.15. The number of aromatic nitrogens is 4. The van der Waals surface area contributed by atoms with Gasteiger partial charge in [-0.1, -0.05) is 0 Å². The molecule has 0 saturated heterocycles. The number of amides is 1. The maximum atomic E-state index is 12.5. The first-order valence-electron chi connectivity index (χ1n) is 6.36. The minimum Gasteiger partial charge on any atom is -0.378 e. The molecule has 3 heterocycles. The van der Waals surface area contributed by atoms with Crippen molar-refractivity contribution in [2.75, 3.05) is 13.7 Å². The topological polar surface area (TPSA) is 73.1 Å². The number of fused-ring (bicyclic) bond motifs is 1. The number of rotatable bonds is 2. The number of carbonyl (C=O) groups excluding carboxylic acids is 1. The van der Waals surface area contributed by atoms with Crippen LogP contribution in [0.1, 0.15) is 16.2 Å². The molecule has 0 aliphatic carbocycles. The zero-order chi connectivity index (χ0) is 13.9. The molecular weight excluding hydrogens is 258 g/mol. The highest BCUT2D eigenvalue weighted by atomic mass is 16.5. The van der Waals surface area contributed by atoms with E-state index in [1.165, 1.54) is 6.33 Å². The second-order valence-electron chi connectivity index (χ2n) is 4.64. The molecule has 0 spiro atoms. The van der Waals surface area contributed by atoms with Crippen molar-refractivity contribution in [1.82, 2.24) is 24.6 Å². The number of ether oxygens (including phenoxy) is 1. The Morgan fingerprint density at radius 3 is 3.00 bits per heavy atom. The number of methoxy groups -OCH3 is 1. The fourth-order valence-corrected chi connectivity index (χ4v) is 2.30. The molecule has 0 fully saturated rings. The van der Waals surface area contributed by atoms with Crippen molar-refractivity contribution in [2.45, 2.75) is 19.2 Å². The van der Waals surface area contributed by atoms with Crippen LogP contribution in [0.25, 0.3) is 0 Å². The standard InChI is InChI=1S/C13H15N5O2/c1-20-11-7-17(6-10-2-5-16-18(10)8-11)13(19)12-3-4-14-9-15-12/h2-5,9,11H,6-8H2,1H3. The Hall–Kier alpha value is -2.28. The van der Waals surface area contributed by atoms with Crippen molar-refractivity contribution in [1.29, 1.82) is 0 Å². The summed E-state index contributed by atoms with van der Waals surface area (Å²) in [6, 6.07) is 3.53. The molecule has 2 aromatic heterocycles. The fraction of sp³-hybridized carbons (Fsp3) is 0.385. The molecule has 1 atom stereocenters. The molecule has 7 heteroatoms. The molecule has 0 aromatic carbocycles. The minimum atomic E-state index is -0.121. The smallest absolute Gasteiger partial charge is 0.273 e. The van der Waals surface area contributed by atoms with Crippen molar-refractivity contribution >= 4 is 5.91 Å². The maximum Gasteiger partial charge on any atom is 0.273 e. The SMILES string of the molecule is COC1CN(C(=O)c2ccncn2)Cc2ccnn2C1. The summed E-state index contributed by atoms with van der Waals surface area (Å²) >= 11 is 0. The van der Waals surface area contributed by atoms with Crippen molar-refractivity contribution in [3.8, 4) is 0 Å². The Kier molecular flexibility index (Phi) is 3.42. The van der Waals surface area contributed by atoms with E-state index in [0.29, 0.717) is 25.3 Å². The lowest BCUT2D eigenvalue weighted by Crippen LogP contribution is -2.37. The summed E-state index contributed by atoms with van der Waals surface area (Å²) in [4.78, 5) is 22.1. The van der Waals surface area contributed by atoms with Crippen molar-refractivity contribution < 1.29 is 9.53 Å². The zero-order valence-electron chi connectivity index (χ0n) is 11.1. The monoisotopic (exact) mass is 273 g/mol. The highest BCUT2D eigenvalue weighted by Gasteiger charge is 2.26. The van der Waals surface area contributed by atoms with Gasteiger partial charge in [-0.3, -0.25) is 9.48 Å². The number of hydrogen-bond acceptors (Lipinski definition) is 5. The summed E-state index contributed by atoms with van der Waals surface area (Å²) in [6.07, 6.45) is 4.60. The van der Waals surface area contributed by atoms with Gasteiger partial charge in [0.15, 0.2) is 0 Å². The first-order valence-corrected chi connectivity index (χ1v) is 6.36. The number of nitrogens with zero attached hydrogens (tertiary/aromatic N) is 5. The minimum absolute atomic E-state index is 0.0815. The van der Waals surface area contributed by atoms with Gasteiger partial charge in [0.2, 0.25) is 0 Å². The van der Waals surface area contributed by atoms with Crippen LogP contribution in [0.3, 0.4) is 0 Å². The van der Waals surface area contributed by atoms with Crippen LogP contribution in [-0.4, -0.2) is 50.3 Å². The van der Waals surface area contributed by atoms with E-state index in [1.54, 1.807) is 30.5 Å². The maximum absolute atomic E-state index is 12.5. The third-order valence-electron chi connectivity index (χ3n) is 3.38. The van der Waals surface area contributed by atoms with Gasteiger partial charge in [0.1, 0.15) is 12.0 Å². The summed E-state index contributed by atoms with van der Waals surface area (Å²) in [5.74, 6) is -0.121. The molecule has 0 saturated carbocycles. The second-order valence-corrected chi connectivity index (χ2v) is 4.64. The number of carbonyl (C=O) groups is 1. The van der Waals surface area contributed by atoms with Crippen LogP contribution in [0.5, 0.6) is 0 Å². The molecule has 20 heavy (non-hydrogen) atoms. The third kappa shape index (κ3) is 2.39. The van der Waals surface area contributed by atoms with E-state index in [-0.39, 0.29) is 12.0 Å². The Morgan fingerprint density at radius 2 is 2.25 bits per heavy atom. The molecule has 3 rings (SSSR count). The molecule has 7 nitrogen and oxygen atoms in total. The fourth-order valence-electron chi connectivity index (χ4n) is 2.30. The van der Waals surface area contributed by atoms with Gasteiger partial charge >= 0.3 is 0 Å². The molecule has 1 aliphatic heterocycles. The van der Waals surface area contributed by atoms with Crippen LogP contribution < -0.4 is 0 Å². The van der Waals surface area contributed by atoms with Crippen molar-refractivity contribution in [2.24, 2.45) is 0 Å². The van der Waals surface area contributed by atoms with Crippen LogP contribution >= 0.6 is 0 Å². The van der Waals surface area contributed by atoms with Gasteiger partial charge in [0.25, 0.3) is 5.91 Å². The van der Waals surface area contributed by atoms with Gasteiger partial charge in [-0.15, -0.1) is 0 Å². The molecule has 0 N–H and O–H groups in total. The van der Waals surface area contributed by atoms with E-state index >= 15 is 0 Å². The van der Waals surface area contributed by atoms with Gasteiger partial charge in [0.05, 0.1) is 24.9 Å². The van der Waals surface area contributed by atoms with E-state index < -0.39 is 0 Å². The van der Waals surface area contributed by atoms with Gasteiger partial charge in [-0.25, -0.2) is 9.97 Å². The quantitative estimate of drug-likeness (QED) is 0.789. The Balaban J connectivity index is 1.87. The molecule has 0 radical (unpaired) electrons. The van der Waals surface area contributed by atoms with Gasteiger partial charge < -0.3 is 9.64 Å². The molecule has 1 aliphatic rings. The van der Waals surface area contributed by atoms with Crippen LogP contribution in [0.4, 0.5) is 0 Å². The predicted molar refractivity (Wildman–Crippen MR) is 69.8 cm³/mol. The first kappa shape index (κ1) is 12.7. The summed E-state index contributed by atoms with van der Waals surface area (Å²) in [7, 11) is 1.65. The Labute approximate surface area is 116 Å². The molecule has 1 amide bonds. The van der Waals surface area contributed by atoms with E-state index in [2.05, 4.69) is 15.1 Å². The predicted octanol–water partition coefficient (Wildman–Crippen LogP) is 0.344. The van der Waals surface area contributed by atoms with E-state index in [0.717, 1.165) is 5.69 Å². The lowest BCUT2D eigenvalue weighted by molar-refractivity contribution is 0.0446. The van der Waals surface area contributed by atoms with E-state index in [9.17, 15) is 4.79 Å². The largest absolute Gasteiger partial charge is 0.378 e. The Bertz CT molecular complexity index is 598. The van der Waals surface area contributed by atoms with Crippen LogP contribution in [0.2, 0.25) is 0 Å². The summed E-state index contributed by atoms with van der Waals surface area (Å²) in [6.45, 7) is 1.66. The molecule has 104 valence electrons. The second kappa shape index (κ2) is 5.38. The number of hydrogen-bond donors (Lipinski definition) is 0. The van der Waals surface area contributed by atoms with Gasteiger partial charge in [0, 0.05) is 26.0 Å². The molecule has 2 aromatic rings. The zero-order valence-corrected chi connectivity index (χ0v) is 11.1. The lowest BCUT2D eigenvalue weighted by atomic mass is 10.3. The summed E-state index contributed by atoms with van der Waals surface area (Å²) in [5, 5.41) is 4.25.